The molecule has 2 aromatic carbocycles. The van der Waals surface area contributed by atoms with Crippen molar-refractivity contribution in [2.75, 3.05) is 7.11 Å². The highest BCUT2D eigenvalue weighted by molar-refractivity contribution is 7.12. The fourth-order valence-electron chi connectivity index (χ4n) is 2.50. The van der Waals surface area contributed by atoms with Crippen LogP contribution in [-0.2, 0) is 0 Å². The van der Waals surface area contributed by atoms with Crippen molar-refractivity contribution in [3.8, 4) is 17.6 Å². The Kier molecular flexibility index (Phi) is 6.17. The van der Waals surface area contributed by atoms with Gasteiger partial charge >= 0.3 is 5.97 Å². The maximum Gasteiger partial charge on any atom is 0.346 e. The number of Topliss-reactive ketones (excluding diaryl/α,β-unsaturated/α-hetero) is 1. The van der Waals surface area contributed by atoms with Gasteiger partial charge in [0, 0.05) is 0 Å². The molecule has 0 amide bonds. The van der Waals surface area contributed by atoms with Gasteiger partial charge in [-0.25, -0.2) is 9.18 Å². The van der Waals surface area contributed by atoms with Crippen molar-refractivity contribution < 1.29 is 23.5 Å². The minimum Gasteiger partial charge on any atom is -0.493 e. The third-order valence-corrected chi connectivity index (χ3v) is 4.77. The van der Waals surface area contributed by atoms with Crippen molar-refractivity contribution in [2.24, 2.45) is 0 Å². The van der Waals surface area contributed by atoms with Gasteiger partial charge in [-0.15, -0.1) is 11.3 Å². The highest BCUT2D eigenvalue weighted by Crippen LogP contribution is 2.30. The van der Waals surface area contributed by atoms with E-state index in [4.69, 9.17) is 9.47 Å². The molecule has 0 aliphatic heterocycles. The van der Waals surface area contributed by atoms with Gasteiger partial charge in [0.05, 0.1) is 17.6 Å². The second-order valence-electron chi connectivity index (χ2n) is 5.76. The summed E-state index contributed by atoms with van der Waals surface area (Å²) >= 11 is 1.25. The van der Waals surface area contributed by atoms with Gasteiger partial charge in [-0.1, -0.05) is 24.3 Å². The highest BCUT2D eigenvalue weighted by Gasteiger charge is 2.17. The second kappa shape index (κ2) is 8.95. The quantitative estimate of drug-likeness (QED) is 0.191. The first-order chi connectivity index (χ1) is 14.0. The van der Waals surface area contributed by atoms with E-state index in [2.05, 4.69) is 0 Å². The maximum atomic E-state index is 13.8. The highest BCUT2D eigenvalue weighted by atomic mass is 32.1. The number of benzene rings is 2. The third kappa shape index (κ3) is 4.57. The van der Waals surface area contributed by atoms with Crippen molar-refractivity contribution in [3.05, 3.63) is 87.4 Å². The molecule has 0 N–H and O–H groups in total. The fourth-order valence-corrected chi connectivity index (χ4v) is 3.17. The molecular weight excluding hydrogens is 393 g/mol. The Morgan fingerprint density at radius 3 is 2.55 bits per heavy atom. The summed E-state index contributed by atoms with van der Waals surface area (Å²) in [6.45, 7) is 0. The van der Waals surface area contributed by atoms with E-state index >= 15 is 0 Å². The number of carbonyl (C=O) groups is 2. The SMILES string of the molecule is COc1cc(/C=C(\C#N)C(=O)c2cccs2)ccc1OC(=O)c1ccccc1F. The zero-order chi connectivity index (χ0) is 20.8. The van der Waals surface area contributed by atoms with Crippen LogP contribution in [0.4, 0.5) is 4.39 Å². The van der Waals surface area contributed by atoms with Crippen LogP contribution in [0.5, 0.6) is 11.5 Å². The molecular formula is C22H14FNO4S. The summed E-state index contributed by atoms with van der Waals surface area (Å²) in [5.41, 5.74) is 0.270. The number of allylic oxidation sites excluding steroid dienone is 1. The van der Waals surface area contributed by atoms with Crippen LogP contribution in [-0.4, -0.2) is 18.9 Å². The molecule has 0 aliphatic rings. The molecule has 0 bridgehead atoms. The predicted molar refractivity (Wildman–Crippen MR) is 107 cm³/mol. The van der Waals surface area contributed by atoms with Crippen molar-refractivity contribution in [1.82, 2.24) is 0 Å². The largest absolute Gasteiger partial charge is 0.493 e. The fraction of sp³-hybridized carbons (Fsp3) is 0.0455. The summed E-state index contributed by atoms with van der Waals surface area (Å²) in [5, 5.41) is 11.1. The number of ether oxygens (including phenoxy) is 2. The number of esters is 1. The van der Waals surface area contributed by atoms with Crippen LogP contribution in [0.25, 0.3) is 6.08 Å². The van der Waals surface area contributed by atoms with E-state index in [1.807, 2.05) is 6.07 Å². The van der Waals surface area contributed by atoms with Crippen molar-refractivity contribution in [2.45, 2.75) is 0 Å². The Hall–Kier alpha value is -3.76. The first-order valence-corrected chi connectivity index (χ1v) is 9.26. The van der Waals surface area contributed by atoms with E-state index in [-0.39, 0.29) is 28.4 Å². The van der Waals surface area contributed by atoms with Crippen molar-refractivity contribution >= 4 is 29.2 Å². The average molecular weight is 407 g/mol. The number of rotatable bonds is 6. The molecule has 144 valence electrons. The van der Waals surface area contributed by atoms with E-state index in [9.17, 15) is 19.2 Å². The lowest BCUT2D eigenvalue weighted by molar-refractivity contribution is 0.0724. The first-order valence-electron chi connectivity index (χ1n) is 8.38. The van der Waals surface area contributed by atoms with Gasteiger partial charge in [0.2, 0.25) is 5.78 Å². The summed E-state index contributed by atoms with van der Waals surface area (Å²) in [4.78, 5) is 25.1. The van der Waals surface area contributed by atoms with E-state index in [0.29, 0.717) is 10.4 Å². The molecule has 3 rings (SSSR count). The molecule has 3 aromatic rings. The zero-order valence-corrected chi connectivity index (χ0v) is 16.0. The maximum absolute atomic E-state index is 13.8. The van der Waals surface area contributed by atoms with Crippen LogP contribution in [0.15, 0.2) is 65.6 Å². The normalized spacial score (nSPS) is 10.9. The van der Waals surface area contributed by atoms with Crippen LogP contribution in [0.3, 0.4) is 0 Å². The molecule has 5 nitrogen and oxygen atoms in total. The van der Waals surface area contributed by atoms with Crippen LogP contribution in [0.2, 0.25) is 0 Å². The molecule has 0 radical (unpaired) electrons. The van der Waals surface area contributed by atoms with Gasteiger partial charge in [0.15, 0.2) is 11.5 Å². The Morgan fingerprint density at radius 1 is 1.10 bits per heavy atom. The molecule has 0 saturated carbocycles. The van der Waals surface area contributed by atoms with E-state index in [1.165, 1.54) is 54.9 Å². The minimum absolute atomic E-state index is 0.0365. The molecule has 29 heavy (non-hydrogen) atoms. The number of nitriles is 1. The predicted octanol–water partition coefficient (Wildman–Crippen LogP) is 4.90. The number of methoxy groups -OCH3 is 1. The Balaban J connectivity index is 1.87. The summed E-state index contributed by atoms with van der Waals surface area (Å²) in [7, 11) is 1.38. The van der Waals surface area contributed by atoms with Crippen molar-refractivity contribution in [1.29, 1.82) is 5.26 Å². The van der Waals surface area contributed by atoms with Crippen LogP contribution < -0.4 is 9.47 Å². The third-order valence-electron chi connectivity index (χ3n) is 3.91. The number of ketones is 1. The van der Waals surface area contributed by atoms with E-state index in [1.54, 1.807) is 23.6 Å². The Bertz CT molecular complexity index is 1130. The topological polar surface area (TPSA) is 76.4 Å². The lowest BCUT2D eigenvalue weighted by Gasteiger charge is -2.10. The lowest BCUT2D eigenvalue weighted by Crippen LogP contribution is -2.11. The van der Waals surface area contributed by atoms with E-state index < -0.39 is 11.8 Å². The molecule has 0 spiro atoms. The number of halogens is 1. The number of nitrogens with zero attached hydrogens (tertiary/aromatic N) is 1. The van der Waals surface area contributed by atoms with Gasteiger partial charge < -0.3 is 9.47 Å². The number of hydrogen-bond donors (Lipinski definition) is 0. The Morgan fingerprint density at radius 2 is 1.90 bits per heavy atom. The average Bonchev–Trinajstić information content (AvgIpc) is 3.27. The number of hydrogen-bond acceptors (Lipinski definition) is 6. The lowest BCUT2D eigenvalue weighted by atomic mass is 10.1. The zero-order valence-electron chi connectivity index (χ0n) is 15.2. The summed E-state index contributed by atoms with van der Waals surface area (Å²) in [6, 6.07) is 15.3. The summed E-state index contributed by atoms with van der Waals surface area (Å²) in [6.07, 6.45) is 1.42. The molecule has 0 aliphatic carbocycles. The standard InChI is InChI=1S/C22H14FNO4S/c1-27-19-12-14(11-15(13-24)21(25)20-7-4-10-29-20)8-9-18(19)28-22(26)16-5-2-3-6-17(16)23/h2-12H,1H3/b15-11+. The Labute approximate surface area is 170 Å². The van der Waals surface area contributed by atoms with Gasteiger partial charge in [-0.3, -0.25) is 4.79 Å². The molecule has 0 fully saturated rings. The van der Waals surface area contributed by atoms with Crippen LogP contribution in [0, 0.1) is 17.1 Å². The molecule has 7 heteroatoms. The minimum atomic E-state index is -0.865. The molecule has 1 aromatic heterocycles. The first kappa shape index (κ1) is 20.0. The summed E-state index contributed by atoms with van der Waals surface area (Å²) < 4.78 is 24.2. The van der Waals surface area contributed by atoms with Crippen LogP contribution in [0.1, 0.15) is 25.6 Å². The van der Waals surface area contributed by atoms with Gasteiger partial charge in [0.1, 0.15) is 17.5 Å². The second-order valence-corrected chi connectivity index (χ2v) is 6.70. The van der Waals surface area contributed by atoms with E-state index in [0.717, 1.165) is 6.07 Å². The van der Waals surface area contributed by atoms with Crippen LogP contribution >= 0.6 is 11.3 Å². The monoisotopic (exact) mass is 407 g/mol. The van der Waals surface area contributed by atoms with Gasteiger partial charge in [-0.05, 0) is 47.4 Å². The molecule has 0 unspecified atom stereocenters. The molecule has 0 saturated heterocycles. The van der Waals surface area contributed by atoms with Gasteiger partial charge in [0.25, 0.3) is 0 Å². The number of thiophene rings is 1. The number of carbonyl (C=O) groups excluding carboxylic acids is 2. The van der Waals surface area contributed by atoms with Gasteiger partial charge in [-0.2, -0.15) is 5.26 Å². The summed E-state index contributed by atoms with van der Waals surface area (Å²) in [5.74, 6) is -1.65. The van der Waals surface area contributed by atoms with Crippen molar-refractivity contribution in [3.63, 3.8) is 0 Å². The molecule has 1 heterocycles. The molecule has 0 atom stereocenters. The smallest absolute Gasteiger partial charge is 0.346 e.